The van der Waals surface area contributed by atoms with Gasteiger partial charge in [0.15, 0.2) is 0 Å². The van der Waals surface area contributed by atoms with Gasteiger partial charge in [-0.2, -0.15) is 5.10 Å². The van der Waals surface area contributed by atoms with E-state index in [4.69, 9.17) is 4.74 Å². The van der Waals surface area contributed by atoms with Gasteiger partial charge in [0, 0.05) is 36.1 Å². The van der Waals surface area contributed by atoms with Crippen molar-refractivity contribution in [1.82, 2.24) is 9.78 Å². The van der Waals surface area contributed by atoms with Crippen LogP contribution < -0.4 is 4.90 Å². The first-order chi connectivity index (χ1) is 10.0. The van der Waals surface area contributed by atoms with E-state index in [0.29, 0.717) is 6.61 Å². The van der Waals surface area contributed by atoms with Gasteiger partial charge in [-0.1, -0.05) is 18.2 Å². The highest BCUT2D eigenvalue weighted by atomic mass is 16.5. The first-order valence-electron chi connectivity index (χ1n) is 7.49. The van der Waals surface area contributed by atoms with Crippen LogP contribution in [0, 0.1) is 0 Å². The first kappa shape index (κ1) is 14.1. The second-order valence-electron chi connectivity index (χ2n) is 6.57. The van der Waals surface area contributed by atoms with E-state index in [9.17, 15) is 0 Å². The van der Waals surface area contributed by atoms with Crippen LogP contribution >= 0.6 is 0 Å². The number of hydrogen-bond donors (Lipinski definition) is 0. The highest BCUT2D eigenvalue weighted by Gasteiger charge is 2.18. The van der Waals surface area contributed by atoms with Crippen molar-refractivity contribution in [3.05, 3.63) is 47.8 Å². The summed E-state index contributed by atoms with van der Waals surface area (Å²) in [6.07, 6.45) is 4.12. The number of fused-ring (bicyclic) bond motifs is 1. The summed E-state index contributed by atoms with van der Waals surface area (Å²) < 4.78 is 7.72. The third-order valence-electron chi connectivity index (χ3n) is 3.79. The molecular weight excluding hydrogens is 262 g/mol. The maximum Gasteiger partial charge on any atom is 0.0737 e. The number of nitrogens with zero attached hydrogens (tertiary/aromatic N) is 3. The van der Waals surface area contributed by atoms with E-state index in [1.807, 2.05) is 10.9 Å². The third kappa shape index (κ3) is 3.10. The Hall–Kier alpha value is -1.81. The van der Waals surface area contributed by atoms with Gasteiger partial charge in [0.2, 0.25) is 0 Å². The van der Waals surface area contributed by atoms with Crippen molar-refractivity contribution < 1.29 is 4.74 Å². The van der Waals surface area contributed by atoms with Crippen molar-refractivity contribution in [2.75, 3.05) is 18.1 Å². The van der Waals surface area contributed by atoms with E-state index < -0.39 is 0 Å². The van der Waals surface area contributed by atoms with Crippen molar-refractivity contribution in [3.63, 3.8) is 0 Å². The van der Waals surface area contributed by atoms with Crippen molar-refractivity contribution in [3.8, 4) is 0 Å². The van der Waals surface area contributed by atoms with Crippen LogP contribution in [-0.4, -0.2) is 22.9 Å². The molecule has 0 saturated carbocycles. The van der Waals surface area contributed by atoms with Crippen molar-refractivity contribution in [1.29, 1.82) is 0 Å². The molecule has 0 unspecified atom stereocenters. The molecule has 0 aliphatic carbocycles. The van der Waals surface area contributed by atoms with Crippen LogP contribution in [0.1, 0.15) is 31.9 Å². The largest absolute Gasteiger partial charge is 0.375 e. The first-order valence-corrected chi connectivity index (χ1v) is 7.49. The van der Waals surface area contributed by atoms with Crippen LogP contribution in [-0.2, 0) is 23.4 Å². The molecule has 4 nitrogen and oxygen atoms in total. The Balaban J connectivity index is 1.83. The molecule has 0 fully saturated rings. The van der Waals surface area contributed by atoms with Gasteiger partial charge < -0.3 is 9.64 Å². The molecule has 112 valence electrons. The molecule has 1 aliphatic heterocycles. The zero-order valence-corrected chi connectivity index (χ0v) is 13.0. The number of para-hydroxylation sites is 1. The van der Waals surface area contributed by atoms with Crippen molar-refractivity contribution in [2.45, 2.75) is 39.5 Å². The summed E-state index contributed by atoms with van der Waals surface area (Å²) in [5.74, 6) is 0. The van der Waals surface area contributed by atoms with Crippen LogP contribution in [0.3, 0.4) is 0 Å². The Morgan fingerprint density at radius 3 is 2.81 bits per heavy atom. The number of benzene rings is 1. The van der Waals surface area contributed by atoms with Gasteiger partial charge >= 0.3 is 0 Å². The second kappa shape index (κ2) is 5.53. The molecule has 0 amide bonds. The lowest BCUT2D eigenvalue weighted by Gasteiger charge is -2.23. The smallest absolute Gasteiger partial charge is 0.0737 e. The van der Waals surface area contributed by atoms with Crippen LogP contribution in [0.2, 0.25) is 0 Å². The Labute approximate surface area is 126 Å². The van der Waals surface area contributed by atoms with Crippen molar-refractivity contribution in [2.24, 2.45) is 0 Å². The second-order valence-corrected chi connectivity index (χ2v) is 6.57. The Bertz CT molecular complexity index is 612. The highest BCUT2D eigenvalue weighted by Crippen LogP contribution is 2.25. The van der Waals surface area contributed by atoms with E-state index in [1.165, 1.54) is 16.8 Å². The van der Waals surface area contributed by atoms with Crippen molar-refractivity contribution >= 4 is 5.69 Å². The van der Waals surface area contributed by atoms with Crippen LogP contribution in [0.15, 0.2) is 36.7 Å². The van der Waals surface area contributed by atoms with Gasteiger partial charge in [-0.05, 0) is 26.8 Å². The van der Waals surface area contributed by atoms with Gasteiger partial charge in [-0.3, -0.25) is 4.68 Å². The number of hydrogen-bond acceptors (Lipinski definition) is 3. The fourth-order valence-corrected chi connectivity index (χ4v) is 2.61. The number of ether oxygens (including phenoxy) is 1. The van der Waals surface area contributed by atoms with E-state index >= 15 is 0 Å². The average molecular weight is 285 g/mol. The van der Waals surface area contributed by atoms with E-state index in [1.54, 1.807) is 0 Å². The molecule has 21 heavy (non-hydrogen) atoms. The molecule has 0 spiro atoms. The van der Waals surface area contributed by atoms with Gasteiger partial charge in [-0.15, -0.1) is 0 Å². The monoisotopic (exact) mass is 285 g/mol. The molecule has 0 atom stereocenters. The lowest BCUT2D eigenvalue weighted by molar-refractivity contribution is 0.132. The van der Waals surface area contributed by atoms with E-state index in [-0.39, 0.29) is 5.54 Å². The minimum atomic E-state index is 0.0258. The molecule has 0 bridgehead atoms. The third-order valence-corrected chi connectivity index (χ3v) is 3.79. The molecule has 1 aromatic carbocycles. The van der Waals surface area contributed by atoms with E-state index in [2.05, 4.69) is 61.2 Å². The Morgan fingerprint density at radius 2 is 2.05 bits per heavy atom. The fraction of sp³-hybridized carbons (Fsp3) is 0.471. The predicted molar refractivity (Wildman–Crippen MR) is 84.4 cm³/mol. The van der Waals surface area contributed by atoms with Crippen LogP contribution in [0.25, 0.3) is 0 Å². The average Bonchev–Trinajstić information content (AvgIpc) is 2.82. The quantitative estimate of drug-likeness (QED) is 0.849. The molecule has 2 aromatic rings. The molecule has 0 saturated heterocycles. The normalized spacial score (nSPS) is 15.7. The fourth-order valence-electron chi connectivity index (χ4n) is 2.61. The maximum atomic E-state index is 5.69. The lowest BCUT2D eigenvalue weighted by Crippen LogP contribution is -2.25. The van der Waals surface area contributed by atoms with E-state index in [0.717, 1.165) is 19.7 Å². The SMILES string of the molecule is CC(C)(C)n1cc(CN2CCOCc3ccccc32)cn1. The maximum absolute atomic E-state index is 5.69. The molecule has 1 aromatic heterocycles. The zero-order chi connectivity index (χ0) is 14.9. The minimum Gasteiger partial charge on any atom is -0.375 e. The van der Waals surface area contributed by atoms with Gasteiger partial charge in [0.05, 0.1) is 24.9 Å². The highest BCUT2D eigenvalue weighted by molar-refractivity contribution is 5.54. The van der Waals surface area contributed by atoms with Gasteiger partial charge in [0.25, 0.3) is 0 Å². The predicted octanol–water partition coefficient (Wildman–Crippen LogP) is 3.17. The van der Waals surface area contributed by atoms with Gasteiger partial charge in [0.1, 0.15) is 0 Å². The number of anilines is 1. The summed E-state index contributed by atoms with van der Waals surface area (Å²) in [5.41, 5.74) is 3.80. The zero-order valence-electron chi connectivity index (χ0n) is 13.0. The lowest BCUT2D eigenvalue weighted by atomic mass is 10.1. The molecule has 0 N–H and O–H groups in total. The molecule has 0 radical (unpaired) electrons. The van der Waals surface area contributed by atoms with Gasteiger partial charge in [-0.25, -0.2) is 0 Å². The number of rotatable bonds is 2. The summed E-state index contributed by atoms with van der Waals surface area (Å²) in [4.78, 5) is 2.38. The van der Waals surface area contributed by atoms with Crippen LogP contribution in [0.4, 0.5) is 5.69 Å². The summed E-state index contributed by atoms with van der Waals surface area (Å²) in [6, 6.07) is 8.49. The minimum absolute atomic E-state index is 0.0258. The summed E-state index contributed by atoms with van der Waals surface area (Å²) in [5, 5.41) is 4.49. The Morgan fingerprint density at radius 1 is 1.24 bits per heavy atom. The molecule has 2 heterocycles. The molecule has 4 heteroatoms. The summed E-state index contributed by atoms with van der Waals surface area (Å²) >= 11 is 0. The summed E-state index contributed by atoms with van der Waals surface area (Å²) in [7, 11) is 0. The molecule has 1 aliphatic rings. The number of aromatic nitrogens is 2. The Kier molecular flexibility index (Phi) is 3.72. The molecular formula is C17H23N3O. The summed E-state index contributed by atoms with van der Waals surface area (Å²) in [6.45, 7) is 9.75. The molecule has 3 rings (SSSR count). The topological polar surface area (TPSA) is 30.3 Å². The standard InChI is InChI=1S/C17H23N3O/c1-17(2,3)20-12-14(10-18-20)11-19-8-9-21-13-15-6-4-5-7-16(15)19/h4-7,10,12H,8-9,11,13H2,1-3H3. The van der Waals surface area contributed by atoms with Crippen LogP contribution in [0.5, 0.6) is 0 Å².